The second-order valence-corrected chi connectivity index (χ2v) is 5.53. The Balaban J connectivity index is 2.13. The first-order valence-electron chi connectivity index (χ1n) is 6.70. The average Bonchev–Trinajstić information content (AvgIpc) is 2.78. The van der Waals surface area contributed by atoms with Crippen LogP contribution in [-0.2, 0) is 0 Å². The summed E-state index contributed by atoms with van der Waals surface area (Å²) in [5.74, 6) is 0.744. The van der Waals surface area contributed by atoms with Gasteiger partial charge in [-0.3, -0.25) is 4.90 Å². The third-order valence-electron chi connectivity index (χ3n) is 4.03. The highest BCUT2D eigenvalue weighted by Gasteiger charge is 2.30. The van der Waals surface area contributed by atoms with Gasteiger partial charge in [-0.25, -0.2) is 0 Å². The standard InChI is InChI=1S/C15H24N2/c1-11(2)15-5-4-10-17(15)12(3)13-6-8-14(16)9-7-13/h6-9,11-12,15H,4-5,10,16H2,1-3H3. The summed E-state index contributed by atoms with van der Waals surface area (Å²) < 4.78 is 0. The van der Waals surface area contributed by atoms with Crippen molar-refractivity contribution in [3.63, 3.8) is 0 Å². The van der Waals surface area contributed by atoms with Gasteiger partial charge in [0.25, 0.3) is 0 Å². The normalized spacial score (nSPS) is 23.2. The van der Waals surface area contributed by atoms with Crippen LogP contribution in [0, 0.1) is 5.92 Å². The van der Waals surface area contributed by atoms with Crippen molar-refractivity contribution in [1.29, 1.82) is 0 Å². The van der Waals surface area contributed by atoms with Gasteiger partial charge in [-0.05, 0) is 49.9 Å². The lowest BCUT2D eigenvalue weighted by molar-refractivity contribution is 0.156. The molecule has 94 valence electrons. The number of benzene rings is 1. The van der Waals surface area contributed by atoms with E-state index in [1.54, 1.807) is 0 Å². The second kappa shape index (κ2) is 5.09. The molecule has 1 aliphatic heterocycles. The smallest absolute Gasteiger partial charge is 0.0322 e. The summed E-state index contributed by atoms with van der Waals surface area (Å²) in [6.45, 7) is 8.21. The van der Waals surface area contributed by atoms with Gasteiger partial charge >= 0.3 is 0 Å². The fraction of sp³-hybridized carbons (Fsp3) is 0.600. The topological polar surface area (TPSA) is 29.3 Å². The molecule has 2 atom stereocenters. The molecular weight excluding hydrogens is 208 g/mol. The van der Waals surface area contributed by atoms with Crippen molar-refractivity contribution in [3.8, 4) is 0 Å². The van der Waals surface area contributed by atoms with E-state index in [9.17, 15) is 0 Å². The molecule has 2 unspecified atom stereocenters. The van der Waals surface area contributed by atoms with Crippen molar-refractivity contribution in [2.75, 3.05) is 12.3 Å². The van der Waals surface area contributed by atoms with Crippen LogP contribution in [0.15, 0.2) is 24.3 Å². The van der Waals surface area contributed by atoms with E-state index in [0.717, 1.165) is 17.6 Å². The highest BCUT2D eigenvalue weighted by atomic mass is 15.2. The number of rotatable bonds is 3. The predicted octanol–water partition coefficient (Wildman–Crippen LogP) is 3.45. The number of likely N-dealkylation sites (tertiary alicyclic amines) is 1. The summed E-state index contributed by atoms with van der Waals surface area (Å²) in [5.41, 5.74) is 7.97. The van der Waals surface area contributed by atoms with Gasteiger partial charge in [-0.1, -0.05) is 26.0 Å². The SMILES string of the molecule is CC(C)C1CCCN1C(C)c1ccc(N)cc1. The predicted molar refractivity (Wildman–Crippen MR) is 73.8 cm³/mol. The Labute approximate surface area is 105 Å². The lowest BCUT2D eigenvalue weighted by Gasteiger charge is -2.33. The molecule has 2 nitrogen and oxygen atoms in total. The molecule has 1 saturated heterocycles. The van der Waals surface area contributed by atoms with Gasteiger partial charge in [-0.15, -0.1) is 0 Å². The maximum Gasteiger partial charge on any atom is 0.0322 e. The van der Waals surface area contributed by atoms with Crippen molar-refractivity contribution in [2.45, 2.75) is 45.7 Å². The molecule has 0 aromatic heterocycles. The minimum atomic E-state index is 0.505. The minimum Gasteiger partial charge on any atom is -0.399 e. The Morgan fingerprint density at radius 2 is 1.82 bits per heavy atom. The molecule has 2 N–H and O–H groups in total. The van der Waals surface area contributed by atoms with Crippen molar-refractivity contribution in [3.05, 3.63) is 29.8 Å². The summed E-state index contributed by atoms with van der Waals surface area (Å²) in [4.78, 5) is 2.65. The Kier molecular flexibility index (Phi) is 3.72. The molecule has 0 aliphatic carbocycles. The van der Waals surface area contributed by atoms with Gasteiger partial charge in [0.05, 0.1) is 0 Å². The number of hydrogen-bond donors (Lipinski definition) is 1. The third-order valence-corrected chi connectivity index (χ3v) is 4.03. The van der Waals surface area contributed by atoms with E-state index in [4.69, 9.17) is 5.73 Å². The van der Waals surface area contributed by atoms with Crippen molar-refractivity contribution >= 4 is 5.69 Å². The molecule has 1 aromatic carbocycles. The largest absolute Gasteiger partial charge is 0.399 e. The van der Waals surface area contributed by atoms with Crippen LogP contribution < -0.4 is 5.73 Å². The molecule has 0 spiro atoms. The Hall–Kier alpha value is -1.02. The van der Waals surface area contributed by atoms with Gasteiger partial charge in [0.2, 0.25) is 0 Å². The molecule has 0 radical (unpaired) electrons. The minimum absolute atomic E-state index is 0.505. The van der Waals surface area contributed by atoms with Crippen LogP contribution in [0.4, 0.5) is 5.69 Å². The molecule has 0 amide bonds. The fourth-order valence-electron chi connectivity index (χ4n) is 2.98. The zero-order valence-corrected chi connectivity index (χ0v) is 11.2. The number of nitrogen functional groups attached to an aromatic ring is 1. The third kappa shape index (κ3) is 2.63. The molecule has 1 fully saturated rings. The highest BCUT2D eigenvalue weighted by molar-refractivity contribution is 5.40. The first-order valence-corrected chi connectivity index (χ1v) is 6.70. The molecule has 1 aromatic rings. The lowest BCUT2D eigenvalue weighted by Crippen LogP contribution is -2.35. The van der Waals surface area contributed by atoms with E-state index in [1.165, 1.54) is 24.9 Å². The van der Waals surface area contributed by atoms with E-state index in [2.05, 4.69) is 37.8 Å². The van der Waals surface area contributed by atoms with Gasteiger partial charge in [-0.2, -0.15) is 0 Å². The van der Waals surface area contributed by atoms with Crippen molar-refractivity contribution in [1.82, 2.24) is 4.90 Å². The summed E-state index contributed by atoms with van der Waals surface area (Å²) in [6.07, 6.45) is 2.68. The first kappa shape index (κ1) is 12.4. The zero-order valence-electron chi connectivity index (χ0n) is 11.2. The van der Waals surface area contributed by atoms with Crippen molar-refractivity contribution in [2.24, 2.45) is 5.92 Å². The van der Waals surface area contributed by atoms with Crippen LogP contribution >= 0.6 is 0 Å². The van der Waals surface area contributed by atoms with E-state index >= 15 is 0 Å². The maximum absolute atomic E-state index is 5.74. The van der Waals surface area contributed by atoms with Gasteiger partial charge < -0.3 is 5.73 Å². The van der Waals surface area contributed by atoms with Crippen LogP contribution in [-0.4, -0.2) is 17.5 Å². The quantitative estimate of drug-likeness (QED) is 0.809. The Morgan fingerprint density at radius 3 is 2.41 bits per heavy atom. The van der Waals surface area contributed by atoms with Crippen LogP contribution in [0.1, 0.15) is 45.2 Å². The highest BCUT2D eigenvalue weighted by Crippen LogP contribution is 2.32. The zero-order chi connectivity index (χ0) is 12.4. The molecular formula is C15H24N2. The average molecular weight is 232 g/mol. The van der Waals surface area contributed by atoms with Crippen LogP contribution in [0.3, 0.4) is 0 Å². The molecule has 1 heterocycles. The monoisotopic (exact) mass is 232 g/mol. The van der Waals surface area contributed by atoms with Crippen molar-refractivity contribution < 1.29 is 0 Å². The summed E-state index contributed by atoms with van der Waals surface area (Å²) in [7, 11) is 0. The summed E-state index contributed by atoms with van der Waals surface area (Å²) in [5, 5.41) is 0. The summed E-state index contributed by atoms with van der Waals surface area (Å²) in [6, 6.07) is 9.58. The van der Waals surface area contributed by atoms with Gasteiger partial charge in [0.1, 0.15) is 0 Å². The number of nitrogens with two attached hydrogens (primary N) is 1. The maximum atomic E-state index is 5.74. The van der Waals surface area contributed by atoms with Crippen LogP contribution in [0.5, 0.6) is 0 Å². The van der Waals surface area contributed by atoms with Gasteiger partial charge in [0.15, 0.2) is 0 Å². The second-order valence-electron chi connectivity index (χ2n) is 5.53. The Morgan fingerprint density at radius 1 is 1.18 bits per heavy atom. The Bertz CT molecular complexity index is 356. The molecule has 2 heteroatoms. The van der Waals surface area contributed by atoms with E-state index in [-0.39, 0.29) is 0 Å². The number of anilines is 1. The molecule has 2 rings (SSSR count). The fourth-order valence-corrected chi connectivity index (χ4v) is 2.98. The molecule has 17 heavy (non-hydrogen) atoms. The molecule has 0 saturated carbocycles. The van der Waals surface area contributed by atoms with E-state index in [0.29, 0.717) is 6.04 Å². The lowest BCUT2D eigenvalue weighted by atomic mass is 9.99. The molecule has 1 aliphatic rings. The summed E-state index contributed by atoms with van der Waals surface area (Å²) >= 11 is 0. The number of nitrogens with zero attached hydrogens (tertiary/aromatic N) is 1. The van der Waals surface area contributed by atoms with Crippen LogP contribution in [0.25, 0.3) is 0 Å². The van der Waals surface area contributed by atoms with Gasteiger partial charge in [0, 0.05) is 17.8 Å². The van der Waals surface area contributed by atoms with Crippen LogP contribution in [0.2, 0.25) is 0 Å². The van der Waals surface area contributed by atoms with E-state index in [1.807, 2.05) is 12.1 Å². The van der Waals surface area contributed by atoms with E-state index < -0.39 is 0 Å². The molecule has 0 bridgehead atoms. The first-order chi connectivity index (χ1) is 8.09. The number of hydrogen-bond acceptors (Lipinski definition) is 2.